The zero-order valence-corrected chi connectivity index (χ0v) is 9.80. The first-order valence-corrected chi connectivity index (χ1v) is 5.56. The molecule has 0 spiro atoms. The Kier molecular flexibility index (Phi) is 5.46. The first-order chi connectivity index (χ1) is 7.69. The third-order valence-corrected chi connectivity index (χ3v) is 2.63. The average Bonchev–Trinajstić information content (AvgIpc) is 2.29. The van der Waals surface area contributed by atoms with E-state index >= 15 is 0 Å². The minimum atomic E-state index is -0.414. The first kappa shape index (κ1) is 13.2. The van der Waals surface area contributed by atoms with Crippen molar-refractivity contribution in [2.24, 2.45) is 5.73 Å². The van der Waals surface area contributed by atoms with Crippen molar-refractivity contribution in [2.45, 2.75) is 12.5 Å². The van der Waals surface area contributed by atoms with Crippen LogP contribution >= 0.6 is 11.6 Å². The number of hydrogen-bond acceptors (Lipinski definition) is 2. The van der Waals surface area contributed by atoms with E-state index < -0.39 is 5.82 Å². The Morgan fingerprint density at radius 1 is 1.56 bits per heavy atom. The fraction of sp³-hybridized carbons (Fsp3) is 0.333. The molecule has 0 aliphatic heterocycles. The fourth-order valence-electron chi connectivity index (χ4n) is 1.43. The molecule has 0 aromatic heterocycles. The van der Waals surface area contributed by atoms with Crippen molar-refractivity contribution in [1.29, 1.82) is 0 Å². The van der Waals surface area contributed by atoms with Gasteiger partial charge in [0, 0.05) is 12.6 Å². The van der Waals surface area contributed by atoms with Crippen LogP contribution in [-0.2, 0) is 0 Å². The van der Waals surface area contributed by atoms with Crippen molar-refractivity contribution in [2.75, 3.05) is 13.1 Å². The van der Waals surface area contributed by atoms with Gasteiger partial charge in [0.25, 0.3) is 0 Å². The van der Waals surface area contributed by atoms with E-state index in [4.69, 9.17) is 17.3 Å². The van der Waals surface area contributed by atoms with Gasteiger partial charge in [-0.15, -0.1) is 6.58 Å². The maximum atomic E-state index is 13.2. The highest BCUT2D eigenvalue weighted by molar-refractivity contribution is 6.30. The van der Waals surface area contributed by atoms with Gasteiger partial charge in [0.15, 0.2) is 0 Å². The lowest BCUT2D eigenvalue weighted by Crippen LogP contribution is -2.28. The minimum absolute atomic E-state index is 0.0493. The first-order valence-electron chi connectivity index (χ1n) is 5.18. The molecule has 1 atom stereocenters. The molecule has 16 heavy (non-hydrogen) atoms. The molecule has 0 amide bonds. The predicted octanol–water partition coefficient (Wildman–Crippen LogP) is 2.64. The molecular formula is C12H16ClFN2. The van der Waals surface area contributed by atoms with Crippen molar-refractivity contribution in [3.05, 3.63) is 47.3 Å². The van der Waals surface area contributed by atoms with Crippen molar-refractivity contribution in [3.8, 4) is 0 Å². The minimum Gasteiger partial charge on any atom is -0.329 e. The van der Waals surface area contributed by atoms with Gasteiger partial charge < -0.3 is 11.1 Å². The molecule has 4 heteroatoms. The molecule has 0 saturated carbocycles. The third-order valence-electron chi connectivity index (χ3n) is 2.32. The van der Waals surface area contributed by atoms with E-state index in [9.17, 15) is 4.39 Å². The van der Waals surface area contributed by atoms with Crippen molar-refractivity contribution in [1.82, 2.24) is 5.32 Å². The highest BCUT2D eigenvalue weighted by atomic mass is 35.5. The number of halogens is 2. The van der Waals surface area contributed by atoms with Crippen LogP contribution in [0.2, 0.25) is 5.02 Å². The Morgan fingerprint density at radius 2 is 2.31 bits per heavy atom. The lowest BCUT2D eigenvalue weighted by Gasteiger charge is -2.17. The summed E-state index contributed by atoms with van der Waals surface area (Å²) in [6, 6.07) is 4.70. The summed E-state index contributed by atoms with van der Waals surface area (Å²) in [4.78, 5) is 0. The van der Waals surface area contributed by atoms with Crippen LogP contribution in [0, 0.1) is 5.82 Å². The zero-order valence-electron chi connectivity index (χ0n) is 9.05. The van der Waals surface area contributed by atoms with Crippen LogP contribution in [0.5, 0.6) is 0 Å². The van der Waals surface area contributed by atoms with Gasteiger partial charge in [0.1, 0.15) is 5.82 Å². The molecule has 0 saturated heterocycles. The molecular weight excluding hydrogens is 227 g/mol. The largest absolute Gasteiger partial charge is 0.329 e. The summed E-state index contributed by atoms with van der Waals surface area (Å²) in [5.41, 5.74) is 6.44. The molecule has 1 rings (SSSR count). The Morgan fingerprint density at radius 3 is 2.88 bits per heavy atom. The number of hydrogen-bond donors (Lipinski definition) is 2. The Bertz CT molecular complexity index is 355. The highest BCUT2D eigenvalue weighted by Crippen LogP contribution is 2.19. The van der Waals surface area contributed by atoms with E-state index in [2.05, 4.69) is 11.9 Å². The van der Waals surface area contributed by atoms with Crippen molar-refractivity contribution >= 4 is 11.6 Å². The van der Waals surface area contributed by atoms with E-state index in [1.54, 1.807) is 12.1 Å². The van der Waals surface area contributed by atoms with E-state index in [0.29, 0.717) is 6.54 Å². The fourth-order valence-corrected chi connectivity index (χ4v) is 1.54. The van der Waals surface area contributed by atoms with Crippen LogP contribution in [0.25, 0.3) is 0 Å². The number of nitrogens with two attached hydrogens (primary N) is 1. The SMILES string of the molecule is C=CCCNC(CN)c1ccc(Cl)c(F)c1. The molecule has 1 aromatic carbocycles. The molecule has 0 aliphatic rings. The second-order valence-corrected chi connectivity index (χ2v) is 3.90. The van der Waals surface area contributed by atoms with Crippen molar-refractivity contribution in [3.63, 3.8) is 0 Å². The predicted molar refractivity (Wildman–Crippen MR) is 66.0 cm³/mol. The summed E-state index contributed by atoms with van der Waals surface area (Å²) in [6.07, 6.45) is 2.68. The standard InChI is InChI=1S/C12H16ClFN2/c1-2-3-6-16-12(8-15)9-4-5-10(13)11(14)7-9/h2,4-5,7,12,16H,1,3,6,8,15H2. The quantitative estimate of drug-likeness (QED) is 0.595. The normalized spacial score (nSPS) is 12.4. The summed E-state index contributed by atoms with van der Waals surface area (Å²) in [6.45, 7) is 4.82. The molecule has 1 unspecified atom stereocenters. The van der Waals surface area contributed by atoms with Crippen LogP contribution in [-0.4, -0.2) is 13.1 Å². The van der Waals surface area contributed by atoms with E-state index in [0.717, 1.165) is 18.5 Å². The van der Waals surface area contributed by atoms with Gasteiger partial charge in [0.05, 0.1) is 5.02 Å². The Hall–Kier alpha value is -0.900. The summed E-state index contributed by atoms with van der Waals surface area (Å²) in [7, 11) is 0. The van der Waals surface area contributed by atoms with Gasteiger partial charge in [-0.1, -0.05) is 23.7 Å². The molecule has 88 valence electrons. The van der Waals surface area contributed by atoms with Gasteiger partial charge in [-0.25, -0.2) is 4.39 Å². The van der Waals surface area contributed by atoms with Crippen molar-refractivity contribution < 1.29 is 4.39 Å². The van der Waals surface area contributed by atoms with E-state index in [-0.39, 0.29) is 11.1 Å². The average molecular weight is 243 g/mol. The topological polar surface area (TPSA) is 38.0 Å². The highest BCUT2D eigenvalue weighted by Gasteiger charge is 2.10. The second kappa shape index (κ2) is 6.63. The summed E-state index contributed by atoms with van der Waals surface area (Å²) in [5.74, 6) is -0.414. The van der Waals surface area contributed by atoms with Gasteiger partial charge in [-0.2, -0.15) is 0 Å². The molecule has 2 nitrogen and oxygen atoms in total. The smallest absolute Gasteiger partial charge is 0.142 e. The summed E-state index contributed by atoms with van der Waals surface area (Å²) >= 11 is 5.62. The van der Waals surface area contributed by atoms with Gasteiger partial charge in [-0.3, -0.25) is 0 Å². The third kappa shape index (κ3) is 3.59. The number of benzene rings is 1. The molecule has 0 fully saturated rings. The lowest BCUT2D eigenvalue weighted by atomic mass is 10.1. The molecule has 0 heterocycles. The summed E-state index contributed by atoms with van der Waals surface area (Å²) < 4.78 is 13.2. The number of nitrogens with one attached hydrogen (secondary N) is 1. The molecule has 1 aromatic rings. The van der Waals surface area contributed by atoms with Crippen LogP contribution in [0.4, 0.5) is 4.39 Å². The van der Waals surface area contributed by atoms with Gasteiger partial charge >= 0.3 is 0 Å². The van der Waals surface area contributed by atoms with Crippen LogP contribution in [0.15, 0.2) is 30.9 Å². The maximum Gasteiger partial charge on any atom is 0.142 e. The molecule has 3 N–H and O–H groups in total. The monoisotopic (exact) mass is 242 g/mol. The maximum absolute atomic E-state index is 13.2. The lowest BCUT2D eigenvalue weighted by molar-refractivity contribution is 0.542. The molecule has 0 aliphatic carbocycles. The van der Waals surface area contributed by atoms with E-state index in [1.807, 2.05) is 6.08 Å². The zero-order chi connectivity index (χ0) is 12.0. The van der Waals surface area contributed by atoms with Gasteiger partial charge in [0.2, 0.25) is 0 Å². The summed E-state index contributed by atoms with van der Waals surface area (Å²) in [5, 5.41) is 3.36. The van der Waals surface area contributed by atoms with Crippen LogP contribution in [0.3, 0.4) is 0 Å². The van der Waals surface area contributed by atoms with Crippen LogP contribution in [0.1, 0.15) is 18.0 Å². The molecule has 0 radical (unpaired) electrons. The van der Waals surface area contributed by atoms with E-state index in [1.165, 1.54) is 6.07 Å². The van der Waals surface area contributed by atoms with Crippen LogP contribution < -0.4 is 11.1 Å². The Labute approximate surface area is 100 Å². The molecule has 0 bridgehead atoms. The number of rotatable bonds is 6. The second-order valence-electron chi connectivity index (χ2n) is 3.49. The van der Waals surface area contributed by atoms with Gasteiger partial charge in [-0.05, 0) is 30.7 Å². The Balaban J connectivity index is 2.70.